The van der Waals surface area contributed by atoms with Crippen molar-refractivity contribution >= 4 is 45.0 Å². The van der Waals surface area contributed by atoms with Crippen LogP contribution in [0.3, 0.4) is 0 Å². The number of esters is 1. The van der Waals surface area contributed by atoms with Crippen LogP contribution in [-0.4, -0.2) is 50.1 Å². The van der Waals surface area contributed by atoms with Gasteiger partial charge >= 0.3 is 5.97 Å². The Bertz CT molecular complexity index is 1380. The Kier molecular flexibility index (Phi) is 7.83. The molecule has 4 rings (SSSR count). The minimum Gasteiger partial charge on any atom is -0.452 e. The van der Waals surface area contributed by atoms with E-state index in [1.807, 2.05) is 0 Å². The topological polar surface area (TPSA) is 110 Å². The van der Waals surface area contributed by atoms with Gasteiger partial charge in [-0.15, -0.1) is 0 Å². The lowest BCUT2D eigenvalue weighted by Gasteiger charge is -2.15. The van der Waals surface area contributed by atoms with Gasteiger partial charge < -0.3 is 10.1 Å². The van der Waals surface area contributed by atoms with E-state index in [9.17, 15) is 22.8 Å². The Morgan fingerprint density at radius 2 is 1.47 bits per heavy atom. The van der Waals surface area contributed by atoms with Gasteiger partial charge in [0.15, 0.2) is 12.4 Å². The summed E-state index contributed by atoms with van der Waals surface area (Å²) in [6, 6.07) is 18.2. The van der Waals surface area contributed by atoms with Crippen LogP contribution in [0.25, 0.3) is 0 Å². The molecule has 0 bridgehead atoms. The van der Waals surface area contributed by atoms with Gasteiger partial charge in [-0.2, -0.15) is 4.31 Å². The fourth-order valence-corrected chi connectivity index (χ4v) is 5.45. The molecule has 1 amide bonds. The van der Waals surface area contributed by atoms with Gasteiger partial charge in [-0.05, 0) is 67.4 Å². The lowest BCUT2D eigenvalue weighted by molar-refractivity contribution is -0.119. The number of halogens is 1. The first-order chi connectivity index (χ1) is 17.3. The van der Waals surface area contributed by atoms with Gasteiger partial charge in [0.1, 0.15) is 0 Å². The average molecular weight is 527 g/mol. The molecule has 0 spiro atoms. The van der Waals surface area contributed by atoms with Crippen molar-refractivity contribution in [1.82, 2.24) is 4.31 Å². The average Bonchev–Trinajstić information content (AvgIpc) is 3.44. The summed E-state index contributed by atoms with van der Waals surface area (Å²) in [5.74, 6) is -1.82. The Morgan fingerprint density at radius 3 is 2.11 bits per heavy atom. The minimum atomic E-state index is -3.55. The Morgan fingerprint density at radius 1 is 0.861 bits per heavy atom. The Hall–Kier alpha value is -3.53. The third-order valence-electron chi connectivity index (χ3n) is 5.67. The maximum atomic E-state index is 12.9. The number of rotatable bonds is 8. The summed E-state index contributed by atoms with van der Waals surface area (Å²) in [6.07, 6.45) is 1.68. The fourth-order valence-electron chi connectivity index (χ4n) is 3.81. The number of carbonyl (C=O) groups excluding carboxylic acids is 3. The van der Waals surface area contributed by atoms with Crippen LogP contribution in [0, 0.1) is 0 Å². The molecule has 1 saturated heterocycles. The van der Waals surface area contributed by atoms with Crippen LogP contribution in [0.2, 0.25) is 5.02 Å². The van der Waals surface area contributed by atoms with Crippen molar-refractivity contribution in [3.8, 4) is 0 Å². The maximum Gasteiger partial charge on any atom is 0.339 e. The molecule has 186 valence electrons. The summed E-state index contributed by atoms with van der Waals surface area (Å²) < 4.78 is 31.8. The third-order valence-corrected chi connectivity index (χ3v) is 7.84. The molecule has 0 aliphatic carbocycles. The zero-order valence-electron chi connectivity index (χ0n) is 19.1. The standard InChI is InChI=1S/C26H23ClN2O6S/c27-19-9-7-18(8-10-19)25(31)22-5-1-2-6-23(22)26(32)35-17-24(30)28-20-11-13-21(14-12-20)36(33,34)29-15-3-4-16-29/h1-2,5-14H,3-4,15-17H2,(H,28,30). The predicted molar refractivity (Wildman–Crippen MR) is 135 cm³/mol. The Labute approximate surface area is 213 Å². The molecule has 0 aromatic heterocycles. The molecule has 1 aliphatic heterocycles. The zero-order valence-corrected chi connectivity index (χ0v) is 20.7. The van der Waals surface area contributed by atoms with E-state index in [4.69, 9.17) is 16.3 Å². The normalized spacial score (nSPS) is 13.8. The summed E-state index contributed by atoms with van der Waals surface area (Å²) in [5.41, 5.74) is 0.879. The van der Waals surface area contributed by atoms with Gasteiger partial charge in [0.2, 0.25) is 10.0 Å². The van der Waals surface area contributed by atoms with Crippen LogP contribution in [-0.2, 0) is 19.6 Å². The molecular weight excluding hydrogens is 504 g/mol. The number of nitrogens with one attached hydrogen (secondary N) is 1. The van der Waals surface area contributed by atoms with Crippen molar-refractivity contribution in [3.63, 3.8) is 0 Å². The lowest BCUT2D eigenvalue weighted by atomic mass is 9.98. The molecule has 1 heterocycles. The number of nitrogens with zero attached hydrogens (tertiary/aromatic N) is 1. The number of hydrogen-bond donors (Lipinski definition) is 1. The van der Waals surface area contributed by atoms with Gasteiger partial charge in [0.25, 0.3) is 5.91 Å². The van der Waals surface area contributed by atoms with Gasteiger partial charge in [-0.3, -0.25) is 9.59 Å². The molecule has 1 aliphatic rings. The molecule has 0 saturated carbocycles. The van der Waals surface area contributed by atoms with Gasteiger partial charge in [0.05, 0.1) is 10.5 Å². The van der Waals surface area contributed by atoms with Crippen LogP contribution in [0.1, 0.15) is 39.1 Å². The van der Waals surface area contributed by atoms with E-state index < -0.39 is 28.5 Å². The predicted octanol–water partition coefficient (Wildman–Crippen LogP) is 4.15. The first kappa shape index (κ1) is 25.6. The van der Waals surface area contributed by atoms with Crippen LogP contribution in [0.15, 0.2) is 77.7 Å². The second kappa shape index (κ2) is 11.0. The second-order valence-electron chi connectivity index (χ2n) is 8.14. The highest BCUT2D eigenvalue weighted by Gasteiger charge is 2.27. The highest BCUT2D eigenvalue weighted by Crippen LogP contribution is 2.22. The first-order valence-corrected chi connectivity index (χ1v) is 13.0. The van der Waals surface area contributed by atoms with Crippen molar-refractivity contribution in [3.05, 3.63) is 94.5 Å². The van der Waals surface area contributed by atoms with Crippen LogP contribution < -0.4 is 5.32 Å². The lowest BCUT2D eigenvalue weighted by Crippen LogP contribution is -2.27. The number of hydrogen-bond acceptors (Lipinski definition) is 6. The van der Waals surface area contributed by atoms with Crippen molar-refractivity contribution in [2.75, 3.05) is 25.0 Å². The SMILES string of the molecule is O=C(COC(=O)c1ccccc1C(=O)c1ccc(Cl)cc1)Nc1ccc(S(=O)(=O)N2CCCC2)cc1. The van der Waals surface area contributed by atoms with E-state index in [2.05, 4.69) is 5.32 Å². The number of carbonyl (C=O) groups is 3. The largest absolute Gasteiger partial charge is 0.452 e. The number of benzene rings is 3. The summed E-state index contributed by atoms with van der Waals surface area (Å²) in [7, 11) is -3.55. The molecular formula is C26H23ClN2O6S. The smallest absolute Gasteiger partial charge is 0.339 e. The van der Waals surface area contributed by atoms with Gasteiger partial charge in [0, 0.05) is 34.9 Å². The summed E-state index contributed by atoms with van der Waals surface area (Å²) in [4.78, 5) is 38.0. The van der Waals surface area contributed by atoms with Crippen molar-refractivity contribution in [2.45, 2.75) is 17.7 Å². The van der Waals surface area contributed by atoms with E-state index in [1.54, 1.807) is 36.4 Å². The van der Waals surface area contributed by atoms with Gasteiger partial charge in [-0.1, -0.05) is 29.8 Å². The zero-order chi connectivity index (χ0) is 25.7. The molecule has 0 atom stereocenters. The van der Waals surface area contributed by atoms with Crippen LogP contribution in [0.4, 0.5) is 5.69 Å². The molecule has 0 radical (unpaired) electrons. The molecule has 8 nitrogen and oxygen atoms in total. The van der Waals surface area contributed by atoms with E-state index in [0.29, 0.717) is 29.4 Å². The fraction of sp³-hybridized carbons (Fsp3) is 0.192. The summed E-state index contributed by atoms with van der Waals surface area (Å²) in [5, 5.41) is 3.04. The van der Waals surface area contributed by atoms with E-state index in [1.165, 1.54) is 40.7 Å². The number of anilines is 1. The number of ether oxygens (including phenoxy) is 1. The second-order valence-corrected chi connectivity index (χ2v) is 10.5. The quantitative estimate of drug-likeness (QED) is 0.349. The van der Waals surface area contributed by atoms with E-state index >= 15 is 0 Å². The monoisotopic (exact) mass is 526 g/mol. The molecule has 10 heteroatoms. The minimum absolute atomic E-state index is 0.0294. The molecule has 1 N–H and O–H groups in total. The molecule has 3 aromatic carbocycles. The molecule has 1 fully saturated rings. The van der Waals surface area contributed by atoms with E-state index in [-0.39, 0.29) is 21.8 Å². The first-order valence-electron chi connectivity index (χ1n) is 11.2. The van der Waals surface area contributed by atoms with Crippen LogP contribution in [0.5, 0.6) is 0 Å². The Balaban J connectivity index is 1.37. The van der Waals surface area contributed by atoms with E-state index in [0.717, 1.165) is 12.8 Å². The number of sulfonamides is 1. The number of ketones is 1. The highest BCUT2D eigenvalue weighted by atomic mass is 35.5. The molecule has 0 unspecified atom stereocenters. The highest BCUT2D eigenvalue weighted by molar-refractivity contribution is 7.89. The maximum absolute atomic E-state index is 12.9. The molecule has 3 aromatic rings. The van der Waals surface area contributed by atoms with Crippen molar-refractivity contribution in [2.24, 2.45) is 0 Å². The van der Waals surface area contributed by atoms with Crippen LogP contribution >= 0.6 is 11.6 Å². The third kappa shape index (κ3) is 5.81. The molecule has 36 heavy (non-hydrogen) atoms. The van der Waals surface area contributed by atoms with Crippen molar-refractivity contribution in [1.29, 1.82) is 0 Å². The van der Waals surface area contributed by atoms with Gasteiger partial charge in [-0.25, -0.2) is 13.2 Å². The summed E-state index contributed by atoms with van der Waals surface area (Å²) >= 11 is 5.88. The summed E-state index contributed by atoms with van der Waals surface area (Å²) in [6.45, 7) is 0.414. The van der Waals surface area contributed by atoms with Crippen molar-refractivity contribution < 1.29 is 27.5 Å². The number of amides is 1.